The summed E-state index contributed by atoms with van der Waals surface area (Å²) in [7, 11) is 0. The summed E-state index contributed by atoms with van der Waals surface area (Å²) in [4.78, 5) is 67.3. The summed E-state index contributed by atoms with van der Waals surface area (Å²) in [5.41, 5.74) is 5.90. The number of aromatic amines is 1. The number of carbonyl (C=O) groups excluding carboxylic acids is 4. The standard InChI is InChI=1S/C48H53N7O6/c56-45(41-13-7-21-54(41)47(58)43(34-9-3-1-4-10-34)52-23-27-60-28-24-52)49-37-17-15-33(16-18-37)40-32-36-31-38(19-20-39(36)51-40)50-46(57)42-14-8-22-55(42)48(59)44(35-11-5-2-6-12-35)53-25-29-61-30-26-53/h1-6,9-12,15-20,31-32,41-44,51H,7-8,13-14,21-30H2,(H,49,56)(H,50,57)/t41-,42?,43+,44-/m0/s1. The molecule has 4 aliphatic heterocycles. The van der Waals surface area contributed by atoms with Gasteiger partial charge >= 0.3 is 0 Å². The van der Waals surface area contributed by atoms with Crippen molar-refractivity contribution >= 4 is 45.9 Å². The third-order valence-corrected chi connectivity index (χ3v) is 12.5. The molecule has 0 bridgehead atoms. The molecule has 1 aromatic heterocycles. The Morgan fingerprint density at radius 1 is 0.557 bits per heavy atom. The van der Waals surface area contributed by atoms with Crippen LogP contribution in [0.25, 0.3) is 22.2 Å². The van der Waals surface area contributed by atoms with Gasteiger partial charge in [0.25, 0.3) is 0 Å². The SMILES string of the molecule is O=C(Nc1ccc2[nH]c(-c3ccc(NC(=O)[C@@H]4CCCN4C(=O)[C@@H](c4ccccc4)N4CCOCC4)cc3)cc2c1)C1CCCN1C(=O)[C@H](c1ccccc1)N1CCOCC1. The first-order valence-corrected chi connectivity index (χ1v) is 21.6. The maximum Gasteiger partial charge on any atom is 0.247 e. The molecule has 13 heteroatoms. The zero-order chi connectivity index (χ0) is 41.7. The number of morpholine rings is 2. The molecule has 4 aromatic carbocycles. The van der Waals surface area contributed by atoms with E-state index in [-0.39, 0.29) is 23.6 Å². The maximum atomic E-state index is 14.2. The number of hydrogen-bond donors (Lipinski definition) is 3. The average molecular weight is 824 g/mol. The molecule has 316 valence electrons. The summed E-state index contributed by atoms with van der Waals surface area (Å²) in [6.45, 7) is 6.00. The lowest BCUT2D eigenvalue weighted by Crippen LogP contribution is -2.50. The number of fused-ring (bicyclic) bond motifs is 1. The van der Waals surface area contributed by atoms with Gasteiger partial charge in [0.05, 0.1) is 26.4 Å². The Hall–Kier alpha value is -5.86. The van der Waals surface area contributed by atoms with Crippen molar-refractivity contribution in [3.63, 3.8) is 0 Å². The van der Waals surface area contributed by atoms with Gasteiger partial charge in [-0.05, 0) is 78.8 Å². The molecule has 0 aliphatic carbocycles. The predicted molar refractivity (Wildman–Crippen MR) is 234 cm³/mol. The van der Waals surface area contributed by atoms with E-state index in [2.05, 4.69) is 25.4 Å². The van der Waals surface area contributed by atoms with Crippen LogP contribution in [0.1, 0.15) is 48.9 Å². The van der Waals surface area contributed by atoms with E-state index in [9.17, 15) is 19.2 Å². The summed E-state index contributed by atoms with van der Waals surface area (Å²) in [6, 6.07) is 33.1. The third kappa shape index (κ3) is 8.83. The maximum absolute atomic E-state index is 14.2. The zero-order valence-corrected chi connectivity index (χ0v) is 34.3. The van der Waals surface area contributed by atoms with Crippen LogP contribution in [-0.4, -0.2) is 126 Å². The Kier molecular flexibility index (Phi) is 12.2. The first-order valence-electron chi connectivity index (χ1n) is 21.6. The van der Waals surface area contributed by atoms with Crippen LogP contribution in [0, 0.1) is 0 Å². The highest BCUT2D eigenvalue weighted by atomic mass is 16.5. The van der Waals surface area contributed by atoms with Crippen molar-refractivity contribution in [2.45, 2.75) is 49.9 Å². The van der Waals surface area contributed by atoms with Gasteiger partial charge in [0.2, 0.25) is 23.6 Å². The highest BCUT2D eigenvalue weighted by molar-refractivity contribution is 6.01. The number of hydrogen-bond acceptors (Lipinski definition) is 8. The van der Waals surface area contributed by atoms with Gasteiger partial charge in [-0.2, -0.15) is 0 Å². The van der Waals surface area contributed by atoms with E-state index in [1.807, 2.05) is 109 Å². The Bertz CT molecular complexity index is 2330. The smallest absolute Gasteiger partial charge is 0.247 e. The number of amides is 4. The lowest BCUT2D eigenvalue weighted by Gasteiger charge is -2.37. The summed E-state index contributed by atoms with van der Waals surface area (Å²) in [5.74, 6) is -0.472. The number of nitrogens with one attached hydrogen (secondary N) is 3. The fraction of sp³-hybridized carbons (Fsp3) is 0.375. The molecule has 0 radical (unpaired) electrons. The number of aromatic nitrogens is 1. The monoisotopic (exact) mass is 823 g/mol. The number of carbonyl (C=O) groups is 4. The largest absolute Gasteiger partial charge is 0.379 e. The fourth-order valence-electron chi connectivity index (χ4n) is 9.43. The van der Waals surface area contributed by atoms with Crippen LogP contribution < -0.4 is 10.6 Å². The van der Waals surface area contributed by atoms with Gasteiger partial charge in [0, 0.05) is 67.2 Å². The first kappa shape index (κ1) is 40.5. The molecule has 13 nitrogen and oxygen atoms in total. The van der Waals surface area contributed by atoms with Crippen molar-refractivity contribution < 1.29 is 28.7 Å². The minimum Gasteiger partial charge on any atom is -0.379 e. The molecule has 4 amide bonds. The molecular formula is C48H53N7O6. The van der Waals surface area contributed by atoms with E-state index >= 15 is 0 Å². The van der Waals surface area contributed by atoms with Crippen molar-refractivity contribution in [3.05, 3.63) is 120 Å². The molecule has 4 fully saturated rings. The highest BCUT2D eigenvalue weighted by Crippen LogP contribution is 2.33. The summed E-state index contributed by atoms with van der Waals surface area (Å²) in [6.07, 6.45) is 2.75. The van der Waals surface area contributed by atoms with Crippen LogP contribution in [0.2, 0.25) is 0 Å². The quantitative estimate of drug-likeness (QED) is 0.151. The van der Waals surface area contributed by atoms with E-state index in [1.165, 1.54) is 0 Å². The number of ether oxygens (including phenoxy) is 2. The normalized spacial score (nSPS) is 21.0. The second-order valence-electron chi connectivity index (χ2n) is 16.3. The third-order valence-electron chi connectivity index (χ3n) is 12.5. The number of likely N-dealkylation sites (tertiary alicyclic amines) is 2. The average Bonchev–Trinajstić information content (AvgIpc) is 4.09. The molecule has 4 atom stereocenters. The second kappa shape index (κ2) is 18.4. The molecule has 9 rings (SSSR count). The van der Waals surface area contributed by atoms with E-state index in [4.69, 9.17) is 9.47 Å². The molecule has 3 N–H and O–H groups in total. The van der Waals surface area contributed by atoms with Crippen LogP contribution in [-0.2, 0) is 28.7 Å². The van der Waals surface area contributed by atoms with E-state index in [0.29, 0.717) is 89.9 Å². The van der Waals surface area contributed by atoms with Crippen LogP contribution >= 0.6 is 0 Å². The van der Waals surface area contributed by atoms with Crippen molar-refractivity contribution in [1.29, 1.82) is 0 Å². The molecule has 61 heavy (non-hydrogen) atoms. The highest BCUT2D eigenvalue weighted by Gasteiger charge is 2.41. The Morgan fingerprint density at radius 2 is 1.03 bits per heavy atom. The Labute approximate surface area is 356 Å². The number of anilines is 2. The Balaban J connectivity index is 0.842. The number of H-pyrrole nitrogens is 1. The molecule has 5 aromatic rings. The molecule has 4 aliphatic rings. The predicted octanol–water partition coefficient (Wildman–Crippen LogP) is 5.84. The second-order valence-corrected chi connectivity index (χ2v) is 16.3. The number of benzene rings is 4. The number of nitrogens with zero attached hydrogens (tertiary/aromatic N) is 4. The molecule has 0 saturated carbocycles. The fourth-order valence-corrected chi connectivity index (χ4v) is 9.43. The Morgan fingerprint density at radius 3 is 1.54 bits per heavy atom. The van der Waals surface area contributed by atoms with Gasteiger partial charge in [0.1, 0.15) is 24.2 Å². The van der Waals surface area contributed by atoms with Crippen molar-refractivity contribution in [2.75, 3.05) is 76.3 Å². The van der Waals surface area contributed by atoms with Crippen molar-refractivity contribution in [2.24, 2.45) is 0 Å². The number of rotatable bonds is 11. The van der Waals surface area contributed by atoms with Gasteiger partial charge in [-0.25, -0.2) is 0 Å². The summed E-state index contributed by atoms with van der Waals surface area (Å²) >= 11 is 0. The lowest BCUT2D eigenvalue weighted by atomic mass is 10.0. The van der Waals surface area contributed by atoms with Crippen LogP contribution in [0.5, 0.6) is 0 Å². The van der Waals surface area contributed by atoms with Gasteiger partial charge in [-0.3, -0.25) is 29.0 Å². The molecule has 1 unspecified atom stereocenters. The minimum atomic E-state index is -0.560. The first-order chi connectivity index (χ1) is 29.9. The summed E-state index contributed by atoms with van der Waals surface area (Å²) in [5, 5.41) is 7.11. The van der Waals surface area contributed by atoms with Crippen molar-refractivity contribution in [3.8, 4) is 11.3 Å². The molecule has 5 heterocycles. The van der Waals surface area contributed by atoms with E-state index in [1.54, 1.807) is 9.80 Å². The summed E-state index contributed by atoms with van der Waals surface area (Å²) < 4.78 is 11.2. The van der Waals surface area contributed by atoms with E-state index < -0.39 is 24.2 Å². The van der Waals surface area contributed by atoms with Gasteiger partial charge in [-0.15, -0.1) is 0 Å². The topological polar surface area (TPSA) is 140 Å². The lowest BCUT2D eigenvalue weighted by molar-refractivity contribution is -0.143. The van der Waals surface area contributed by atoms with Gasteiger partial charge in [0.15, 0.2) is 0 Å². The molecular weight excluding hydrogens is 771 g/mol. The van der Waals surface area contributed by atoms with Gasteiger partial charge < -0.3 is 34.9 Å². The van der Waals surface area contributed by atoms with Gasteiger partial charge in [-0.1, -0.05) is 72.8 Å². The molecule has 4 saturated heterocycles. The van der Waals surface area contributed by atoms with Crippen LogP contribution in [0.4, 0.5) is 11.4 Å². The van der Waals surface area contributed by atoms with Crippen molar-refractivity contribution in [1.82, 2.24) is 24.6 Å². The minimum absolute atomic E-state index is 0.0466. The van der Waals surface area contributed by atoms with Crippen LogP contribution in [0.3, 0.4) is 0 Å². The molecule has 0 spiro atoms. The zero-order valence-electron chi connectivity index (χ0n) is 34.3. The van der Waals surface area contributed by atoms with E-state index in [0.717, 1.165) is 46.1 Å². The van der Waals surface area contributed by atoms with Crippen LogP contribution in [0.15, 0.2) is 109 Å².